The molecule has 1 aliphatic rings. The van der Waals surface area contributed by atoms with E-state index in [9.17, 15) is 22.0 Å². The molecule has 1 saturated heterocycles. The fourth-order valence-corrected chi connectivity index (χ4v) is 3.91. The standard InChI is InChI=1S/C14H17F2NO5S/c15-14(16)10-2-1-3-12(8-10)23(20,21)17-6-4-11(5-7-17)22-9-13(18)19/h1-3,8,11,14H,4-7,9H2,(H,18,19). The molecule has 0 spiro atoms. The average molecular weight is 349 g/mol. The van der Waals surface area contributed by atoms with Crippen molar-refractivity contribution in [3.05, 3.63) is 29.8 Å². The van der Waals surface area contributed by atoms with E-state index in [0.717, 1.165) is 6.07 Å². The molecule has 1 heterocycles. The second kappa shape index (κ2) is 7.33. The Morgan fingerprint density at radius 2 is 2.00 bits per heavy atom. The molecular weight excluding hydrogens is 332 g/mol. The van der Waals surface area contributed by atoms with Crippen LogP contribution in [0.3, 0.4) is 0 Å². The summed E-state index contributed by atoms with van der Waals surface area (Å²) in [6.07, 6.45) is -2.33. The fourth-order valence-electron chi connectivity index (χ4n) is 2.39. The molecule has 1 fully saturated rings. The number of nitrogens with zero attached hydrogens (tertiary/aromatic N) is 1. The summed E-state index contributed by atoms with van der Waals surface area (Å²) in [5.74, 6) is -1.08. The van der Waals surface area contributed by atoms with Gasteiger partial charge in [-0.1, -0.05) is 12.1 Å². The van der Waals surface area contributed by atoms with Crippen LogP contribution in [0.4, 0.5) is 8.78 Å². The molecule has 1 aromatic carbocycles. The Labute approximate surface area is 132 Å². The normalized spacial score (nSPS) is 17.5. The van der Waals surface area contributed by atoms with Crippen LogP contribution in [0.2, 0.25) is 0 Å². The first-order chi connectivity index (χ1) is 10.8. The Morgan fingerprint density at radius 3 is 2.57 bits per heavy atom. The van der Waals surface area contributed by atoms with Crippen molar-refractivity contribution in [1.29, 1.82) is 0 Å². The van der Waals surface area contributed by atoms with Gasteiger partial charge < -0.3 is 9.84 Å². The monoisotopic (exact) mass is 349 g/mol. The molecule has 6 nitrogen and oxygen atoms in total. The molecule has 9 heteroatoms. The van der Waals surface area contributed by atoms with Crippen LogP contribution >= 0.6 is 0 Å². The summed E-state index contributed by atoms with van der Waals surface area (Å²) >= 11 is 0. The maximum atomic E-state index is 12.7. The third-order valence-corrected chi connectivity index (χ3v) is 5.49. The number of ether oxygens (including phenoxy) is 1. The molecule has 1 aliphatic heterocycles. The van der Waals surface area contributed by atoms with Crippen LogP contribution in [0.25, 0.3) is 0 Å². The third kappa shape index (κ3) is 4.46. The molecule has 0 bridgehead atoms. The molecule has 0 aromatic heterocycles. The number of alkyl halides is 2. The highest BCUT2D eigenvalue weighted by atomic mass is 32.2. The zero-order chi connectivity index (χ0) is 17.0. The topological polar surface area (TPSA) is 83.9 Å². The van der Waals surface area contributed by atoms with Crippen LogP contribution in [0.5, 0.6) is 0 Å². The summed E-state index contributed by atoms with van der Waals surface area (Å²) < 4.78 is 56.7. The van der Waals surface area contributed by atoms with Gasteiger partial charge in [0.25, 0.3) is 6.43 Å². The van der Waals surface area contributed by atoms with Gasteiger partial charge in [0, 0.05) is 18.7 Å². The number of benzene rings is 1. The molecule has 1 aromatic rings. The van der Waals surface area contributed by atoms with E-state index < -0.39 is 29.0 Å². The van der Waals surface area contributed by atoms with E-state index in [1.54, 1.807) is 0 Å². The van der Waals surface area contributed by atoms with E-state index in [2.05, 4.69) is 0 Å². The minimum absolute atomic E-state index is 0.158. The van der Waals surface area contributed by atoms with Gasteiger partial charge in [-0.05, 0) is 25.0 Å². The number of aliphatic carboxylic acids is 1. The lowest BCUT2D eigenvalue weighted by Gasteiger charge is -2.30. The van der Waals surface area contributed by atoms with Gasteiger partial charge in [-0.2, -0.15) is 4.31 Å². The minimum Gasteiger partial charge on any atom is -0.480 e. The maximum Gasteiger partial charge on any atom is 0.329 e. The summed E-state index contributed by atoms with van der Waals surface area (Å²) in [7, 11) is -3.84. The zero-order valence-corrected chi connectivity index (χ0v) is 13.0. The molecule has 128 valence electrons. The summed E-state index contributed by atoms with van der Waals surface area (Å²) in [4.78, 5) is 10.3. The zero-order valence-electron chi connectivity index (χ0n) is 12.2. The second-order valence-corrected chi connectivity index (χ2v) is 7.12. The summed E-state index contributed by atoms with van der Waals surface area (Å²) in [5, 5.41) is 8.55. The second-order valence-electron chi connectivity index (χ2n) is 5.18. The van der Waals surface area contributed by atoms with Gasteiger partial charge in [-0.3, -0.25) is 0 Å². The molecule has 0 aliphatic carbocycles. The van der Waals surface area contributed by atoms with Crippen LogP contribution < -0.4 is 0 Å². The van der Waals surface area contributed by atoms with Gasteiger partial charge in [-0.15, -0.1) is 0 Å². The fraction of sp³-hybridized carbons (Fsp3) is 0.500. The summed E-state index contributed by atoms with van der Waals surface area (Å²) in [6, 6.07) is 4.73. The Bertz CT molecular complexity index is 657. The van der Waals surface area contributed by atoms with Gasteiger partial charge in [0.1, 0.15) is 6.61 Å². The van der Waals surface area contributed by atoms with Crippen molar-refractivity contribution in [2.45, 2.75) is 30.3 Å². The molecule has 0 unspecified atom stereocenters. The van der Waals surface area contributed by atoms with Crippen molar-refractivity contribution in [1.82, 2.24) is 4.31 Å². The van der Waals surface area contributed by atoms with E-state index in [1.807, 2.05) is 0 Å². The highest BCUT2D eigenvalue weighted by molar-refractivity contribution is 7.89. The van der Waals surface area contributed by atoms with Gasteiger partial charge in [-0.25, -0.2) is 22.0 Å². The first-order valence-electron chi connectivity index (χ1n) is 7.02. The Morgan fingerprint density at radius 1 is 1.35 bits per heavy atom. The summed E-state index contributed by atoms with van der Waals surface area (Å²) in [5.41, 5.74) is -0.342. The molecule has 0 atom stereocenters. The van der Waals surface area contributed by atoms with E-state index in [-0.39, 0.29) is 29.7 Å². The molecular formula is C14H17F2NO5S. The molecule has 2 rings (SSSR count). The molecule has 0 amide bonds. The van der Waals surface area contributed by atoms with Crippen LogP contribution in [-0.2, 0) is 19.6 Å². The average Bonchev–Trinajstić information content (AvgIpc) is 2.53. The highest BCUT2D eigenvalue weighted by Crippen LogP contribution is 2.26. The third-order valence-electron chi connectivity index (χ3n) is 3.59. The Balaban J connectivity index is 2.04. The van der Waals surface area contributed by atoms with Crippen molar-refractivity contribution in [3.63, 3.8) is 0 Å². The quantitative estimate of drug-likeness (QED) is 0.848. The largest absolute Gasteiger partial charge is 0.480 e. The number of carboxylic acids is 1. The number of carboxylic acid groups (broad SMARTS) is 1. The molecule has 0 saturated carbocycles. The number of hydrogen-bond donors (Lipinski definition) is 1. The van der Waals surface area contributed by atoms with E-state index in [1.165, 1.54) is 22.5 Å². The lowest BCUT2D eigenvalue weighted by atomic mass is 10.1. The van der Waals surface area contributed by atoms with Gasteiger partial charge in [0.15, 0.2) is 0 Å². The van der Waals surface area contributed by atoms with Crippen LogP contribution in [-0.4, -0.2) is 49.6 Å². The Kier molecular flexibility index (Phi) is 5.66. The molecule has 1 N–H and O–H groups in total. The van der Waals surface area contributed by atoms with Crippen molar-refractivity contribution in [3.8, 4) is 0 Å². The van der Waals surface area contributed by atoms with Crippen LogP contribution in [0.1, 0.15) is 24.8 Å². The SMILES string of the molecule is O=C(O)COC1CCN(S(=O)(=O)c2cccc(C(F)F)c2)CC1. The van der Waals surface area contributed by atoms with E-state index in [0.29, 0.717) is 12.8 Å². The smallest absolute Gasteiger partial charge is 0.329 e. The van der Waals surface area contributed by atoms with Crippen molar-refractivity contribution in [2.24, 2.45) is 0 Å². The molecule has 0 radical (unpaired) electrons. The van der Waals surface area contributed by atoms with Crippen molar-refractivity contribution in [2.75, 3.05) is 19.7 Å². The number of carbonyl (C=O) groups is 1. The first-order valence-corrected chi connectivity index (χ1v) is 8.46. The van der Waals surface area contributed by atoms with Crippen LogP contribution in [0, 0.1) is 0 Å². The predicted molar refractivity (Wildman–Crippen MR) is 76.8 cm³/mol. The number of hydrogen-bond acceptors (Lipinski definition) is 4. The number of sulfonamides is 1. The lowest BCUT2D eigenvalue weighted by molar-refractivity contribution is -0.145. The minimum atomic E-state index is -3.84. The molecule has 23 heavy (non-hydrogen) atoms. The Hall–Kier alpha value is -1.58. The van der Waals surface area contributed by atoms with Crippen molar-refractivity contribution >= 4 is 16.0 Å². The van der Waals surface area contributed by atoms with E-state index >= 15 is 0 Å². The first kappa shape index (κ1) is 17.8. The number of rotatable bonds is 6. The van der Waals surface area contributed by atoms with Crippen LogP contribution in [0.15, 0.2) is 29.2 Å². The predicted octanol–water partition coefficient (Wildman–Crippen LogP) is 1.88. The number of piperidine rings is 1. The lowest BCUT2D eigenvalue weighted by Crippen LogP contribution is -2.41. The van der Waals surface area contributed by atoms with Gasteiger partial charge in [0.2, 0.25) is 10.0 Å². The summed E-state index contributed by atoms with van der Waals surface area (Å²) in [6.45, 7) is -0.106. The number of halogens is 2. The van der Waals surface area contributed by atoms with E-state index in [4.69, 9.17) is 9.84 Å². The van der Waals surface area contributed by atoms with Crippen molar-refractivity contribution < 1.29 is 31.8 Å². The maximum absolute atomic E-state index is 12.7. The van der Waals surface area contributed by atoms with Gasteiger partial charge >= 0.3 is 5.97 Å². The highest BCUT2D eigenvalue weighted by Gasteiger charge is 2.30. The van der Waals surface area contributed by atoms with Gasteiger partial charge in [0.05, 0.1) is 11.0 Å².